The van der Waals surface area contributed by atoms with E-state index in [0.717, 1.165) is 4.88 Å². The summed E-state index contributed by atoms with van der Waals surface area (Å²) >= 11 is 4.69. The molecule has 0 radical (unpaired) electrons. The van der Waals surface area contributed by atoms with Crippen LogP contribution in [0.25, 0.3) is 21.6 Å². The summed E-state index contributed by atoms with van der Waals surface area (Å²) in [7, 11) is 0. The van der Waals surface area contributed by atoms with Gasteiger partial charge in [-0.2, -0.15) is 0 Å². The summed E-state index contributed by atoms with van der Waals surface area (Å²) in [6, 6.07) is 7.60. The molecule has 3 rings (SSSR count). The first-order chi connectivity index (χ1) is 8.65. The number of halogens is 2. The van der Waals surface area contributed by atoms with Crippen molar-refractivity contribution in [3.05, 3.63) is 56.2 Å². The van der Waals surface area contributed by atoms with Crippen molar-refractivity contribution in [1.29, 1.82) is 0 Å². The third kappa shape index (κ3) is 1.89. The van der Waals surface area contributed by atoms with Gasteiger partial charge in [-0.3, -0.25) is 4.79 Å². The SMILES string of the molecule is O=c1cc(-c2cccs2)oc2c(Br)cc(F)cc12. The van der Waals surface area contributed by atoms with Gasteiger partial charge in [-0.1, -0.05) is 6.07 Å². The van der Waals surface area contributed by atoms with E-state index >= 15 is 0 Å². The van der Waals surface area contributed by atoms with Crippen LogP contribution < -0.4 is 5.43 Å². The number of hydrogen-bond acceptors (Lipinski definition) is 3. The van der Waals surface area contributed by atoms with Crippen molar-refractivity contribution in [2.24, 2.45) is 0 Å². The lowest BCUT2D eigenvalue weighted by Gasteiger charge is -2.03. The van der Waals surface area contributed by atoms with Gasteiger partial charge in [0.2, 0.25) is 0 Å². The van der Waals surface area contributed by atoms with Crippen LogP contribution in [0.4, 0.5) is 4.39 Å². The molecule has 0 saturated heterocycles. The quantitative estimate of drug-likeness (QED) is 0.663. The van der Waals surface area contributed by atoms with Crippen LogP contribution in [0.2, 0.25) is 0 Å². The highest BCUT2D eigenvalue weighted by molar-refractivity contribution is 9.10. The second-order valence-corrected chi connectivity index (χ2v) is 5.52. The number of rotatable bonds is 1. The molecule has 0 aliphatic heterocycles. The Morgan fingerprint density at radius 3 is 2.83 bits per heavy atom. The maximum Gasteiger partial charge on any atom is 0.193 e. The lowest BCUT2D eigenvalue weighted by molar-refractivity contribution is 0.607. The van der Waals surface area contributed by atoms with Gasteiger partial charge in [0, 0.05) is 6.07 Å². The Labute approximate surface area is 114 Å². The van der Waals surface area contributed by atoms with E-state index in [1.807, 2.05) is 17.5 Å². The summed E-state index contributed by atoms with van der Waals surface area (Å²) < 4.78 is 19.4. The van der Waals surface area contributed by atoms with Crippen molar-refractivity contribution in [3.8, 4) is 10.6 Å². The molecule has 90 valence electrons. The predicted molar refractivity (Wildman–Crippen MR) is 73.5 cm³/mol. The van der Waals surface area contributed by atoms with Crippen LogP contribution in [0.1, 0.15) is 0 Å². The maximum atomic E-state index is 13.2. The molecule has 0 aliphatic carbocycles. The van der Waals surface area contributed by atoms with Gasteiger partial charge < -0.3 is 4.42 Å². The largest absolute Gasteiger partial charge is 0.454 e. The van der Waals surface area contributed by atoms with Crippen molar-refractivity contribution in [2.45, 2.75) is 0 Å². The van der Waals surface area contributed by atoms with Gasteiger partial charge in [0.05, 0.1) is 14.7 Å². The Balaban J connectivity index is 2.38. The van der Waals surface area contributed by atoms with Gasteiger partial charge in [0.15, 0.2) is 11.0 Å². The minimum absolute atomic E-state index is 0.238. The molecule has 0 amide bonds. The molecule has 0 atom stereocenters. The summed E-state index contributed by atoms with van der Waals surface area (Å²) in [4.78, 5) is 12.8. The highest BCUT2D eigenvalue weighted by atomic mass is 79.9. The molecule has 18 heavy (non-hydrogen) atoms. The summed E-state index contributed by atoms with van der Waals surface area (Å²) in [5, 5.41) is 2.14. The first-order valence-corrected chi connectivity index (χ1v) is 6.79. The van der Waals surface area contributed by atoms with Crippen LogP contribution >= 0.6 is 27.3 Å². The Morgan fingerprint density at radius 2 is 2.11 bits per heavy atom. The summed E-state index contributed by atoms with van der Waals surface area (Å²) in [5.74, 6) is 0.0281. The van der Waals surface area contributed by atoms with E-state index in [4.69, 9.17) is 4.42 Å². The number of hydrogen-bond donors (Lipinski definition) is 0. The van der Waals surface area contributed by atoms with Crippen molar-refractivity contribution in [1.82, 2.24) is 0 Å². The number of thiophene rings is 1. The molecule has 0 N–H and O–H groups in total. The van der Waals surface area contributed by atoms with Gasteiger partial charge in [0.25, 0.3) is 0 Å². The van der Waals surface area contributed by atoms with E-state index in [2.05, 4.69) is 15.9 Å². The van der Waals surface area contributed by atoms with Crippen molar-refractivity contribution >= 4 is 38.2 Å². The van der Waals surface area contributed by atoms with Crippen LogP contribution in [-0.4, -0.2) is 0 Å². The molecule has 5 heteroatoms. The van der Waals surface area contributed by atoms with E-state index in [0.29, 0.717) is 15.8 Å². The second kappa shape index (κ2) is 4.33. The Morgan fingerprint density at radius 1 is 1.28 bits per heavy atom. The monoisotopic (exact) mass is 324 g/mol. The fourth-order valence-corrected chi connectivity index (χ4v) is 2.91. The third-order valence-electron chi connectivity index (χ3n) is 2.51. The van der Waals surface area contributed by atoms with Gasteiger partial charge in [-0.15, -0.1) is 11.3 Å². The second-order valence-electron chi connectivity index (χ2n) is 3.72. The number of benzene rings is 1. The minimum atomic E-state index is -0.467. The lowest BCUT2D eigenvalue weighted by Crippen LogP contribution is -2.01. The first-order valence-electron chi connectivity index (χ1n) is 5.12. The molecule has 0 saturated carbocycles. The van der Waals surface area contributed by atoms with E-state index in [1.165, 1.54) is 29.5 Å². The zero-order valence-electron chi connectivity index (χ0n) is 8.94. The fourth-order valence-electron chi connectivity index (χ4n) is 1.72. The van der Waals surface area contributed by atoms with E-state index < -0.39 is 5.82 Å². The van der Waals surface area contributed by atoms with Crippen molar-refractivity contribution < 1.29 is 8.81 Å². The van der Waals surface area contributed by atoms with Gasteiger partial charge >= 0.3 is 0 Å². The van der Waals surface area contributed by atoms with Crippen LogP contribution in [0, 0.1) is 5.82 Å². The summed E-state index contributed by atoms with van der Waals surface area (Å²) in [6.45, 7) is 0. The smallest absolute Gasteiger partial charge is 0.193 e. The normalized spacial score (nSPS) is 11.0. The molecular weight excluding hydrogens is 319 g/mol. The third-order valence-corrected chi connectivity index (χ3v) is 3.99. The zero-order valence-corrected chi connectivity index (χ0v) is 11.3. The standard InChI is InChI=1S/C13H6BrFO2S/c14-9-5-7(15)4-8-10(16)6-11(17-13(8)9)12-2-1-3-18-12/h1-6H. The number of fused-ring (bicyclic) bond motifs is 1. The molecule has 0 fully saturated rings. The zero-order chi connectivity index (χ0) is 12.7. The summed E-state index contributed by atoms with van der Waals surface area (Å²) in [6.07, 6.45) is 0. The fraction of sp³-hybridized carbons (Fsp3) is 0. The van der Waals surface area contributed by atoms with Crippen LogP contribution in [-0.2, 0) is 0 Å². The highest BCUT2D eigenvalue weighted by Crippen LogP contribution is 2.30. The molecule has 2 nitrogen and oxygen atoms in total. The molecule has 1 aromatic carbocycles. The van der Waals surface area contributed by atoms with Crippen molar-refractivity contribution in [2.75, 3.05) is 0 Å². The molecule has 0 bridgehead atoms. The average molecular weight is 325 g/mol. The van der Waals surface area contributed by atoms with E-state index in [9.17, 15) is 9.18 Å². The van der Waals surface area contributed by atoms with Gasteiger partial charge in [-0.05, 0) is 39.5 Å². The predicted octanol–water partition coefficient (Wildman–Crippen LogP) is 4.42. The maximum absolute atomic E-state index is 13.2. The Kier molecular flexibility index (Phi) is 2.80. The topological polar surface area (TPSA) is 30.2 Å². The molecular formula is C13H6BrFO2S. The molecule has 0 unspecified atom stereocenters. The molecule has 0 aliphatic rings. The Bertz CT molecular complexity index is 778. The molecule has 2 heterocycles. The first kappa shape index (κ1) is 11.6. The highest BCUT2D eigenvalue weighted by Gasteiger charge is 2.11. The van der Waals surface area contributed by atoms with Gasteiger partial charge in [-0.25, -0.2) is 4.39 Å². The Hall–Kier alpha value is -1.46. The van der Waals surface area contributed by atoms with E-state index in [-0.39, 0.29) is 10.8 Å². The van der Waals surface area contributed by atoms with Crippen molar-refractivity contribution in [3.63, 3.8) is 0 Å². The molecule has 0 spiro atoms. The van der Waals surface area contributed by atoms with E-state index in [1.54, 1.807) is 0 Å². The lowest BCUT2D eigenvalue weighted by atomic mass is 10.2. The summed E-state index contributed by atoms with van der Waals surface area (Å²) in [5.41, 5.74) is 0.118. The average Bonchev–Trinajstić information content (AvgIpc) is 2.83. The molecule has 2 aromatic heterocycles. The van der Waals surface area contributed by atoms with Crippen LogP contribution in [0.3, 0.4) is 0 Å². The van der Waals surface area contributed by atoms with Gasteiger partial charge in [0.1, 0.15) is 11.6 Å². The van der Waals surface area contributed by atoms with Crippen LogP contribution in [0.15, 0.2) is 49.4 Å². The minimum Gasteiger partial charge on any atom is -0.454 e. The van der Waals surface area contributed by atoms with Crippen LogP contribution in [0.5, 0.6) is 0 Å². The molecule has 3 aromatic rings.